The topological polar surface area (TPSA) is 109 Å². The molecule has 2 aromatic rings. The van der Waals surface area contributed by atoms with Gasteiger partial charge in [0.25, 0.3) is 11.4 Å². The highest BCUT2D eigenvalue weighted by Gasteiger charge is 2.23. The van der Waals surface area contributed by atoms with E-state index in [-0.39, 0.29) is 11.7 Å². The molecule has 0 amide bonds. The van der Waals surface area contributed by atoms with Crippen LogP contribution in [0.3, 0.4) is 0 Å². The Labute approximate surface area is 76.0 Å². The molecule has 0 atom stereocenters. The lowest BCUT2D eigenvalue weighted by Crippen LogP contribution is -2.12. The van der Waals surface area contributed by atoms with Gasteiger partial charge in [-0.2, -0.15) is 5.16 Å². The second-order valence-corrected chi connectivity index (χ2v) is 2.38. The van der Waals surface area contributed by atoms with Crippen LogP contribution in [0.25, 0.3) is 11.7 Å². The van der Waals surface area contributed by atoms with E-state index in [4.69, 9.17) is 9.52 Å². The second kappa shape index (κ2) is 2.87. The summed E-state index contributed by atoms with van der Waals surface area (Å²) in [6.07, 6.45) is 2.56. The van der Waals surface area contributed by atoms with Crippen molar-refractivity contribution in [3.05, 3.63) is 28.4 Å². The van der Waals surface area contributed by atoms with E-state index in [1.54, 1.807) is 0 Å². The lowest BCUT2D eigenvalue weighted by Gasteiger charge is -1.88. The first kappa shape index (κ1) is 8.30. The molecular weight excluding hydrogens is 192 g/mol. The normalized spacial score (nSPS) is 10.3. The molecule has 2 heterocycles. The van der Waals surface area contributed by atoms with E-state index in [1.165, 1.54) is 12.5 Å². The molecule has 72 valence electrons. The number of nitrogens with zero attached hydrogens (tertiary/aromatic N) is 1. The number of rotatable bonds is 2. The molecule has 0 unspecified atom stereocenters. The molecule has 2 N–H and O–H groups in total. The average Bonchev–Trinajstić information content (AvgIpc) is 2.70. The molecule has 0 aliphatic rings. The Hall–Kier alpha value is -2.31. The van der Waals surface area contributed by atoms with E-state index in [0.29, 0.717) is 0 Å². The maximum absolute atomic E-state index is 11.0. The molecule has 14 heavy (non-hydrogen) atoms. The summed E-state index contributed by atoms with van der Waals surface area (Å²) in [6.45, 7) is 0. The summed E-state index contributed by atoms with van der Waals surface area (Å²) in [5.41, 5.74) is -1.35. The van der Waals surface area contributed by atoms with Crippen molar-refractivity contribution >= 4 is 5.97 Å². The smallest absolute Gasteiger partial charge is 0.345 e. The van der Waals surface area contributed by atoms with Crippen molar-refractivity contribution in [1.82, 2.24) is 10.1 Å². The Morgan fingerprint density at radius 1 is 1.57 bits per heavy atom. The van der Waals surface area contributed by atoms with Gasteiger partial charge in [0.15, 0.2) is 5.56 Å². The summed E-state index contributed by atoms with van der Waals surface area (Å²) in [6, 6.07) is 0. The second-order valence-electron chi connectivity index (χ2n) is 2.38. The number of oxazole rings is 1. The number of nitrogens with one attached hydrogen (secondary N) is 1. The molecule has 2 aromatic heterocycles. The van der Waals surface area contributed by atoms with Crippen molar-refractivity contribution in [2.45, 2.75) is 0 Å². The van der Waals surface area contributed by atoms with E-state index in [2.05, 4.69) is 9.51 Å². The number of hydrogen-bond acceptors (Lipinski definition) is 5. The number of hydrogen-bond donors (Lipinski definition) is 2. The van der Waals surface area contributed by atoms with Crippen LogP contribution in [0.4, 0.5) is 0 Å². The third kappa shape index (κ3) is 1.11. The molecule has 0 aromatic carbocycles. The van der Waals surface area contributed by atoms with E-state index in [9.17, 15) is 9.59 Å². The van der Waals surface area contributed by atoms with Crippen molar-refractivity contribution in [2.75, 3.05) is 0 Å². The minimum absolute atomic E-state index is 0.0549. The first-order valence-electron chi connectivity index (χ1n) is 3.55. The Kier molecular flexibility index (Phi) is 1.70. The van der Waals surface area contributed by atoms with Crippen molar-refractivity contribution in [2.24, 2.45) is 0 Å². The quantitative estimate of drug-likeness (QED) is 0.715. The fraction of sp³-hybridized carbons (Fsp3) is 0. The summed E-state index contributed by atoms with van der Waals surface area (Å²) < 4.78 is 9.42. The molecule has 7 nitrogen and oxygen atoms in total. The standard InChI is InChI=1S/C7H4N2O5/c10-5-3(7(11)12)4(14-9-5)6-8-1-2-13-6/h1-2H,(H,9,10)(H,11,12). The zero-order chi connectivity index (χ0) is 10.1. The highest BCUT2D eigenvalue weighted by molar-refractivity contribution is 5.92. The van der Waals surface area contributed by atoms with Crippen LogP contribution in [0.15, 0.2) is 26.2 Å². The molecule has 0 aliphatic carbocycles. The molecular formula is C7H4N2O5. The molecule has 0 fully saturated rings. The number of H-pyrrole nitrogens is 1. The van der Waals surface area contributed by atoms with E-state index in [1.807, 2.05) is 5.16 Å². The largest absolute Gasteiger partial charge is 0.477 e. The summed E-state index contributed by atoms with van der Waals surface area (Å²) in [5, 5.41) is 10.6. The lowest BCUT2D eigenvalue weighted by molar-refractivity contribution is 0.0695. The van der Waals surface area contributed by atoms with E-state index >= 15 is 0 Å². The van der Waals surface area contributed by atoms with Gasteiger partial charge in [0.2, 0.25) is 5.76 Å². The van der Waals surface area contributed by atoms with E-state index in [0.717, 1.165) is 0 Å². The average molecular weight is 196 g/mol. The van der Waals surface area contributed by atoms with Gasteiger partial charge in [-0.1, -0.05) is 0 Å². The molecule has 7 heteroatoms. The highest BCUT2D eigenvalue weighted by Crippen LogP contribution is 2.18. The van der Waals surface area contributed by atoms with Crippen LogP contribution >= 0.6 is 0 Å². The van der Waals surface area contributed by atoms with Crippen LogP contribution in [-0.2, 0) is 0 Å². The maximum Gasteiger partial charge on any atom is 0.345 e. The molecule has 0 saturated carbocycles. The van der Waals surface area contributed by atoms with Gasteiger partial charge in [0, 0.05) is 0 Å². The van der Waals surface area contributed by atoms with Crippen molar-refractivity contribution in [3.8, 4) is 11.7 Å². The number of carbonyl (C=O) groups is 1. The highest BCUT2D eigenvalue weighted by atomic mass is 16.5. The fourth-order valence-corrected chi connectivity index (χ4v) is 0.983. The molecule has 0 spiro atoms. The van der Waals surface area contributed by atoms with Gasteiger partial charge in [-0.15, -0.1) is 0 Å². The van der Waals surface area contributed by atoms with Gasteiger partial charge in [-0.05, 0) is 0 Å². The minimum atomic E-state index is -1.40. The predicted octanol–water partition coefficient (Wildman–Crippen LogP) is 0.321. The van der Waals surface area contributed by atoms with Crippen LogP contribution in [-0.4, -0.2) is 21.2 Å². The first-order chi connectivity index (χ1) is 6.70. The van der Waals surface area contributed by atoms with Crippen molar-refractivity contribution in [1.29, 1.82) is 0 Å². The minimum Gasteiger partial charge on any atom is -0.477 e. The Morgan fingerprint density at radius 2 is 2.36 bits per heavy atom. The lowest BCUT2D eigenvalue weighted by atomic mass is 10.2. The fourth-order valence-electron chi connectivity index (χ4n) is 0.983. The molecule has 0 bridgehead atoms. The summed E-state index contributed by atoms with van der Waals surface area (Å²) in [7, 11) is 0. The third-order valence-corrected chi connectivity index (χ3v) is 1.54. The number of aromatic carboxylic acids is 1. The van der Waals surface area contributed by atoms with Crippen molar-refractivity contribution in [3.63, 3.8) is 0 Å². The number of aromatic nitrogens is 2. The first-order valence-corrected chi connectivity index (χ1v) is 3.55. The van der Waals surface area contributed by atoms with E-state index < -0.39 is 17.1 Å². The number of aromatic amines is 1. The van der Waals surface area contributed by atoms with Crippen LogP contribution in [0.5, 0.6) is 0 Å². The zero-order valence-corrected chi connectivity index (χ0v) is 6.68. The van der Waals surface area contributed by atoms with Crippen LogP contribution in [0.1, 0.15) is 10.4 Å². The van der Waals surface area contributed by atoms with Gasteiger partial charge < -0.3 is 14.0 Å². The Balaban J connectivity index is 2.66. The summed E-state index contributed by atoms with van der Waals surface area (Å²) in [5.74, 6) is -1.67. The Bertz CT molecular complexity index is 506. The Morgan fingerprint density at radius 3 is 2.93 bits per heavy atom. The molecule has 0 radical (unpaired) electrons. The zero-order valence-electron chi connectivity index (χ0n) is 6.68. The monoisotopic (exact) mass is 196 g/mol. The molecule has 0 aliphatic heterocycles. The van der Waals surface area contributed by atoms with Gasteiger partial charge in [-0.3, -0.25) is 4.79 Å². The third-order valence-electron chi connectivity index (χ3n) is 1.54. The summed E-state index contributed by atoms with van der Waals surface area (Å²) >= 11 is 0. The van der Waals surface area contributed by atoms with Gasteiger partial charge >= 0.3 is 5.97 Å². The molecule has 0 saturated heterocycles. The number of carboxylic acids is 1. The van der Waals surface area contributed by atoms with Crippen LogP contribution < -0.4 is 5.56 Å². The number of carboxylic acid groups (broad SMARTS) is 1. The van der Waals surface area contributed by atoms with Gasteiger partial charge in [-0.25, -0.2) is 9.78 Å². The SMILES string of the molecule is O=C(O)c1c(-c2ncco2)o[nH]c1=O. The molecule has 2 rings (SSSR count). The van der Waals surface area contributed by atoms with Gasteiger partial charge in [0.1, 0.15) is 6.26 Å². The maximum atomic E-state index is 11.0. The van der Waals surface area contributed by atoms with Crippen LogP contribution in [0.2, 0.25) is 0 Å². The van der Waals surface area contributed by atoms with Crippen LogP contribution in [0, 0.1) is 0 Å². The van der Waals surface area contributed by atoms with Crippen molar-refractivity contribution < 1.29 is 18.8 Å². The predicted molar refractivity (Wildman–Crippen MR) is 41.8 cm³/mol. The van der Waals surface area contributed by atoms with Gasteiger partial charge in [0.05, 0.1) is 6.20 Å². The summed E-state index contributed by atoms with van der Waals surface area (Å²) in [4.78, 5) is 25.3.